The molecule has 0 aliphatic rings. The molecule has 0 fully saturated rings. The summed E-state index contributed by atoms with van der Waals surface area (Å²) in [6.45, 7) is 1.93. The van der Waals surface area contributed by atoms with Crippen LogP contribution in [0.25, 0.3) is 0 Å². The third-order valence-electron chi connectivity index (χ3n) is 3.19. The summed E-state index contributed by atoms with van der Waals surface area (Å²) in [4.78, 5) is 0. The van der Waals surface area contributed by atoms with Crippen molar-refractivity contribution in [2.75, 3.05) is 0 Å². The smallest absolute Gasteiger partial charge is 0.145 e. The number of benzene rings is 2. The monoisotopic (exact) mass is 311 g/mol. The Morgan fingerprint density at radius 2 is 1.95 bits per heavy atom. The maximum Gasteiger partial charge on any atom is 0.145 e. The van der Waals surface area contributed by atoms with Crippen LogP contribution in [-0.4, -0.2) is 6.04 Å². The van der Waals surface area contributed by atoms with Gasteiger partial charge >= 0.3 is 0 Å². The Morgan fingerprint density at radius 3 is 2.62 bits per heavy atom. The molecule has 5 heteroatoms. The van der Waals surface area contributed by atoms with E-state index in [0.717, 1.165) is 12.5 Å². The van der Waals surface area contributed by atoms with Crippen molar-refractivity contribution >= 4 is 11.6 Å². The Bertz CT molecular complexity index is 634. The van der Waals surface area contributed by atoms with Crippen molar-refractivity contribution in [1.29, 1.82) is 0 Å². The van der Waals surface area contributed by atoms with Gasteiger partial charge in [-0.15, -0.1) is 0 Å². The first kappa shape index (κ1) is 15.7. The van der Waals surface area contributed by atoms with Crippen LogP contribution in [0.3, 0.4) is 0 Å². The third kappa shape index (κ3) is 3.93. The first-order valence-electron chi connectivity index (χ1n) is 6.67. The van der Waals surface area contributed by atoms with Gasteiger partial charge in [0.15, 0.2) is 0 Å². The molecule has 21 heavy (non-hydrogen) atoms. The van der Waals surface area contributed by atoms with Gasteiger partial charge in [0.05, 0.1) is 5.02 Å². The minimum Gasteiger partial charge on any atom is -0.457 e. The van der Waals surface area contributed by atoms with Crippen LogP contribution in [-0.2, 0) is 6.42 Å². The summed E-state index contributed by atoms with van der Waals surface area (Å²) in [5, 5.41) is 0.00909. The van der Waals surface area contributed by atoms with Crippen LogP contribution >= 0.6 is 11.6 Å². The highest BCUT2D eigenvalue weighted by Gasteiger charge is 2.14. The average molecular weight is 312 g/mol. The zero-order valence-electron chi connectivity index (χ0n) is 11.6. The molecule has 0 saturated heterocycles. The first-order chi connectivity index (χ1) is 10.0. The van der Waals surface area contributed by atoms with Crippen molar-refractivity contribution < 1.29 is 13.5 Å². The molecule has 1 unspecified atom stereocenters. The first-order valence-corrected chi connectivity index (χ1v) is 7.05. The van der Waals surface area contributed by atoms with Crippen LogP contribution in [0.2, 0.25) is 5.02 Å². The Labute approximate surface area is 127 Å². The normalized spacial score (nSPS) is 12.2. The summed E-state index contributed by atoms with van der Waals surface area (Å²) in [5.74, 6) is -0.377. The molecule has 1 atom stereocenters. The van der Waals surface area contributed by atoms with Crippen LogP contribution in [0.15, 0.2) is 36.4 Å². The van der Waals surface area contributed by atoms with E-state index in [1.165, 1.54) is 24.3 Å². The molecule has 2 rings (SSSR count). The van der Waals surface area contributed by atoms with Crippen molar-refractivity contribution in [1.82, 2.24) is 0 Å². The number of nitrogens with two attached hydrogens (primary N) is 1. The second-order valence-electron chi connectivity index (χ2n) is 4.77. The molecular formula is C16H16ClF2NO. The molecule has 0 aromatic heterocycles. The van der Waals surface area contributed by atoms with Gasteiger partial charge in [-0.2, -0.15) is 0 Å². The van der Waals surface area contributed by atoms with Crippen LogP contribution in [0.1, 0.15) is 18.9 Å². The Morgan fingerprint density at radius 1 is 1.19 bits per heavy atom. The summed E-state index contributed by atoms with van der Waals surface area (Å²) < 4.78 is 33.0. The molecule has 0 spiro atoms. The van der Waals surface area contributed by atoms with Crippen LogP contribution < -0.4 is 10.5 Å². The summed E-state index contributed by atoms with van der Waals surface area (Å²) in [5.41, 5.74) is 6.27. The molecule has 0 aliphatic carbocycles. The number of hydrogen-bond donors (Lipinski definition) is 1. The minimum atomic E-state index is -0.586. The van der Waals surface area contributed by atoms with E-state index in [1.54, 1.807) is 6.07 Å². The molecule has 2 N–H and O–H groups in total. The highest BCUT2D eigenvalue weighted by molar-refractivity contribution is 6.30. The average Bonchev–Trinajstić information content (AvgIpc) is 2.46. The Balaban J connectivity index is 2.30. The van der Waals surface area contributed by atoms with E-state index in [-0.39, 0.29) is 22.6 Å². The molecule has 0 amide bonds. The molecule has 112 valence electrons. The lowest BCUT2D eigenvalue weighted by molar-refractivity contribution is 0.457. The minimum absolute atomic E-state index is 0.00909. The number of hydrogen-bond acceptors (Lipinski definition) is 2. The quantitative estimate of drug-likeness (QED) is 0.869. The molecule has 2 aromatic rings. The fourth-order valence-electron chi connectivity index (χ4n) is 1.91. The van der Waals surface area contributed by atoms with Crippen LogP contribution in [0.5, 0.6) is 11.5 Å². The van der Waals surface area contributed by atoms with Crippen molar-refractivity contribution in [3.63, 3.8) is 0 Å². The summed E-state index contributed by atoms with van der Waals surface area (Å²) >= 11 is 5.62. The Kier molecular flexibility index (Phi) is 5.15. The lowest BCUT2D eigenvalue weighted by Crippen LogP contribution is -2.22. The summed E-state index contributed by atoms with van der Waals surface area (Å²) in [6, 6.07) is 8.45. The van der Waals surface area contributed by atoms with Gasteiger partial charge in [0.1, 0.15) is 23.1 Å². The maximum absolute atomic E-state index is 14.0. The second-order valence-corrected chi connectivity index (χ2v) is 5.17. The summed E-state index contributed by atoms with van der Waals surface area (Å²) in [6.07, 6.45) is 1.08. The molecule has 2 aromatic carbocycles. The second kappa shape index (κ2) is 6.87. The van der Waals surface area contributed by atoms with Gasteiger partial charge in [0.25, 0.3) is 0 Å². The zero-order chi connectivity index (χ0) is 15.4. The van der Waals surface area contributed by atoms with Crippen molar-refractivity contribution in [2.45, 2.75) is 25.8 Å². The van der Waals surface area contributed by atoms with Crippen LogP contribution in [0.4, 0.5) is 8.78 Å². The van der Waals surface area contributed by atoms with E-state index in [9.17, 15) is 8.78 Å². The Hall–Kier alpha value is -1.65. The SMILES string of the molecule is CCC(N)Cc1c(F)cccc1Oc1ccc(Cl)c(F)c1. The predicted molar refractivity (Wildman–Crippen MR) is 79.9 cm³/mol. The maximum atomic E-state index is 14.0. The van der Waals surface area contributed by atoms with Crippen molar-refractivity contribution in [2.24, 2.45) is 5.73 Å². The van der Waals surface area contributed by atoms with Gasteiger partial charge in [-0.25, -0.2) is 8.78 Å². The summed E-state index contributed by atoms with van der Waals surface area (Å²) in [7, 11) is 0. The largest absolute Gasteiger partial charge is 0.457 e. The van der Waals surface area contributed by atoms with Gasteiger partial charge in [-0.3, -0.25) is 0 Å². The lowest BCUT2D eigenvalue weighted by Gasteiger charge is -2.15. The van der Waals surface area contributed by atoms with E-state index in [4.69, 9.17) is 22.1 Å². The number of rotatable bonds is 5. The van der Waals surface area contributed by atoms with E-state index in [2.05, 4.69) is 0 Å². The van der Waals surface area contributed by atoms with Crippen molar-refractivity contribution in [3.8, 4) is 11.5 Å². The number of halogens is 3. The molecule has 0 heterocycles. The van der Waals surface area contributed by atoms with Gasteiger partial charge in [-0.1, -0.05) is 24.6 Å². The highest BCUT2D eigenvalue weighted by Crippen LogP contribution is 2.30. The molecule has 0 saturated carbocycles. The third-order valence-corrected chi connectivity index (χ3v) is 3.49. The van der Waals surface area contributed by atoms with Crippen LogP contribution in [0, 0.1) is 11.6 Å². The molecular weight excluding hydrogens is 296 g/mol. The standard InChI is InChI=1S/C16H16ClF2NO/c1-2-10(20)8-12-14(18)4-3-5-16(12)21-11-6-7-13(17)15(19)9-11/h3-7,9-10H,2,8,20H2,1H3. The fourth-order valence-corrected chi connectivity index (χ4v) is 2.02. The highest BCUT2D eigenvalue weighted by atomic mass is 35.5. The molecule has 0 radical (unpaired) electrons. The van der Waals surface area contributed by atoms with E-state index >= 15 is 0 Å². The van der Waals surface area contributed by atoms with Gasteiger partial charge in [0, 0.05) is 17.7 Å². The lowest BCUT2D eigenvalue weighted by atomic mass is 10.0. The van der Waals surface area contributed by atoms with Gasteiger partial charge < -0.3 is 10.5 Å². The topological polar surface area (TPSA) is 35.2 Å². The van der Waals surface area contributed by atoms with E-state index < -0.39 is 5.82 Å². The fraction of sp³-hybridized carbons (Fsp3) is 0.250. The molecule has 2 nitrogen and oxygen atoms in total. The van der Waals surface area contributed by atoms with Gasteiger partial charge in [-0.05, 0) is 37.1 Å². The zero-order valence-corrected chi connectivity index (χ0v) is 12.3. The molecule has 0 bridgehead atoms. The number of ether oxygens (including phenoxy) is 1. The van der Waals surface area contributed by atoms with E-state index in [0.29, 0.717) is 17.7 Å². The predicted octanol–water partition coefficient (Wildman–Crippen LogP) is 4.69. The molecule has 0 aliphatic heterocycles. The van der Waals surface area contributed by atoms with Gasteiger partial charge in [0.2, 0.25) is 0 Å². The van der Waals surface area contributed by atoms with Crippen molar-refractivity contribution in [3.05, 3.63) is 58.6 Å². The van der Waals surface area contributed by atoms with E-state index in [1.807, 2.05) is 6.92 Å².